The summed E-state index contributed by atoms with van der Waals surface area (Å²) in [7, 11) is 0. The first kappa shape index (κ1) is 16.5. The Labute approximate surface area is 141 Å². The van der Waals surface area contributed by atoms with Crippen LogP contribution in [0.5, 0.6) is 0 Å². The summed E-state index contributed by atoms with van der Waals surface area (Å²) < 4.78 is 0. The van der Waals surface area contributed by atoms with E-state index in [9.17, 15) is 9.59 Å². The molecule has 0 bridgehead atoms. The van der Waals surface area contributed by atoms with E-state index in [4.69, 9.17) is 0 Å². The summed E-state index contributed by atoms with van der Waals surface area (Å²) >= 11 is 1.72. The third-order valence-corrected chi connectivity index (χ3v) is 5.67. The van der Waals surface area contributed by atoms with Gasteiger partial charge in [-0.15, -0.1) is 11.3 Å². The van der Waals surface area contributed by atoms with E-state index in [2.05, 4.69) is 21.7 Å². The van der Waals surface area contributed by atoms with Crippen LogP contribution in [0, 0.1) is 5.92 Å². The highest BCUT2D eigenvalue weighted by Crippen LogP contribution is 2.31. The number of amides is 2. The van der Waals surface area contributed by atoms with Crippen LogP contribution in [-0.2, 0) is 16.0 Å². The first-order valence-electron chi connectivity index (χ1n) is 8.48. The van der Waals surface area contributed by atoms with Crippen LogP contribution in [0.25, 0.3) is 0 Å². The van der Waals surface area contributed by atoms with E-state index in [0.717, 1.165) is 45.4 Å². The number of nitrogens with one attached hydrogen (secondary N) is 1. The maximum absolute atomic E-state index is 12.3. The lowest BCUT2D eigenvalue weighted by molar-refractivity contribution is -0.135. The van der Waals surface area contributed by atoms with E-state index < -0.39 is 0 Å². The quantitative estimate of drug-likeness (QED) is 0.854. The van der Waals surface area contributed by atoms with Crippen molar-refractivity contribution in [2.75, 3.05) is 32.7 Å². The molecule has 1 saturated carbocycles. The van der Waals surface area contributed by atoms with Gasteiger partial charge in [-0.2, -0.15) is 0 Å². The monoisotopic (exact) mass is 335 g/mol. The maximum Gasteiger partial charge on any atom is 0.237 e. The lowest BCUT2D eigenvalue weighted by atomic mass is 10.2. The Hall–Kier alpha value is -1.40. The predicted molar refractivity (Wildman–Crippen MR) is 91.4 cm³/mol. The van der Waals surface area contributed by atoms with Gasteiger partial charge >= 0.3 is 0 Å². The summed E-state index contributed by atoms with van der Waals surface area (Å²) in [5.74, 6) is 0.695. The molecule has 0 aromatic carbocycles. The first-order valence-corrected chi connectivity index (χ1v) is 9.36. The molecule has 5 nitrogen and oxygen atoms in total. The molecule has 0 unspecified atom stereocenters. The first-order chi connectivity index (χ1) is 11.1. The second-order valence-corrected chi connectivity index (χ2v) is 7.46. The second kappa shape index (κ2) is 7.45. The summed E-state index contributed by atoms with van der Waals surface area (Å²) in [6.45, 7) is 5.73. The normalized spacial score (nSPS) is 20.3. The molecule has 2 heterocycles. The van der Waals surface area contributed by atoms with Gasteiger partial charge in [0.05, 0.1) is 6.04 Å². The van der Waals surface area contributed by atoms with Crippen molar-refractivity contribution in [2.45, 2.75) is 32.2 Å². The lowest BCUT2D eigenvalue weighted by Gasteiger charge is -2.37. The molecule has 1 aromatic rings. The molecule has 23 heavy (non-hydrogen) atoms. The Bertz CT molecular complexity index is 534. The predicted octanol–water partition coefficient (Wildman–Crippen LogP) is 1.35. The molecule has 2 fully saturated rings. The smallest absolute Gasteiger partial charge is 0.237 e. The van der Waals surface area contributed by atoms with Gasteiger partial charge in [-0.05, 0) is 37.6 Å². The summed E-state index contributed by atoms with van der Waals surface area (Å²) in [5.41, 5.74) is 0. The number of carbonyl (C=O) groups excluding carboxylic acids is 2. The SMILES string of the molecule is C[C@@H](C(=O)NCCc1cccs1)N1CCN(C(=O)C2CC2)CC1. The lowest BCUT2D eigenvalue weighted by Crippen LogP contribution is -2.55. The van der Waals surface area contributed by atoms with Crippen molar-refractivity contribution in [1.29, 1.82) is 0 Å². The van der Waals surface area contributed by atoms with Gasteiger partial charge in [-0.1, -0.05) is 6.07 Å². The zero-order chi connectivity index (χ0) is 16.2. The number of thiophene rings is 1. The number of hydrogen-bond donors (Lipinski definition) is 1. The van der Waals surface area contributed by atoms with Crippen LogP contribution in [-0.4, -0.2) is 60.4 Å². The van der Waals surface area contributed by atoms with E-state index >= 15 is 0 Å². The van der Waals surface area contributed by atoms with Gasteiger partial charge in [-0.25, -0.2) is 0 Å². The third kappa shape index (κ3) is 4.32. The summed E-state index contributed by atoms with van der Waals surface area (Å²) in [6, 6.07) is 4.00. The van der Waals surface area contributed by atoms with E-state index in [0.29, 0.717) is 18.4 Å². The largest absolute Gasteiger partial charge is 0.354 e. The minimum atomic E-state index is -0.128. The Balaban J connectivity index is 1.38. The van der Waals surface area contributed by atoms with Gasteiger partial charge in [0.15, 0.2) is 0 Å². The molecule has 3 rings (SSSR count). The van der Waals surface area contributed by atoms with Crippen molar-refractivity contribution in [3.63, 3.8) is 0 Å². The highest BCUT2D eigenvalue weighted by molar-refractivity contribution is 7.09. The third-order valence-electron chi connectivity index (χ3n) is 4.73. The topological polar surface area (TPSA) is 52.7 Å². The van der Waals surface area contributed by atoms with Crippen LogP contribution < -0.4 is 5.32 Å². The standard InChI is InChI=1S/C17H25N3O2S/c1-13(16(21)18-7-6-15-3-2-12-23-15)19-8-10-20(11-9-19)17(22)14-4-5-14/h2-3,12-14H,4-11H2,1H3,(H,18,21)/t13-/m0/s1. The van der Waals surface area contributed by atoms with E-state index in [1.807, 2.05) is 17.9 Å². The molecule has 0 radical (unpaired) electrons. The number of rotatable bonds is 6. The molecular formula is C17H25N3O2S. The van der Waals surface area contributed by atoms with Crippen LogP contribution in [0.3, 0.4) is 0 Å². The summed E-state index contributed by atoms with van der Waals surface area (Å²) in [6.07, 6.45) is 3.00. The fraction of sp³-hybridized carbons (Fsp3) is 0.647. The van der Waals surface area contributed by atoms with Crippen molar-refractivity contribution in [1.82, 2.24) is 15.1 Å². The molecule has 1 saturated heterocycles. The highest BCUT2D eigenvalue weighted by atomic mass is 32.1. The number of piperazine rings is 1. The summed E-state index contributed by atoms with van der Waals surface area (Å²) in [4.78, 5) is 29.8. The van der Waals surface area contributed by atoms with Crippen LogP contribution >= 0.6 is 11.3 Å². The maximum atomic E-state index is 12.3. The zero-order valence-corrected chi connectivity index (χ0v) is 14.5. The minimum absolute atomic E-state index is 0.0866. The van der Waals surface area contributed by atoms with Gasteiger partial charge < -0.3 is 10.2 Å². The van der Waals surface area contributed by atoms with E-state index in [-0.39, 0.29) is 11.9 Å². The van der Waals surface area contributed by atoms with Gasteiger partial charge in [-0.3, -0.25) is 14.5 Å². The van der Waals surface area contributed by atoms with Crippen LogP contribution in [0.4, 0.5) is 0 Å². The van der Waals surface area contributed by atoms with Gasteiger partial charge in [0, 0.05) is 43.5 Å². The molecule has 1 N–H and O–H groups in total. The van der Waals surface area contributed by atoms with Gasteiger partial charge in [0.2, 0.25) is 11.8 Å². The molecule has 1 aliphatic heterocycles. The fourth-order valence-electron chi connectivity index (χ4n) is 3.00. The van der Waals surface area contributed by atoms with Crippen molar-refractivity contribution in [3.05, 3.63) is 22.4 Å². The Morgan fingerprint density at radius 1 is 1.30 bits per heavy atom. The number of hydrogen-bond acceptors (Lipinski definition) is 4. The zero-order valence-electron chi connectivity index (χ0n) is 13.7. The van der Waals surface area contributed by atoms with Crippen molar-refractivity contribution in [2.24, 2.45) is 5.92 Å². The van der Waals surface area contributed by atoms with Crippen LogP contribution in [0.1, 0.15) is 24.6 Å². The molecule has 2 aliphatic rings. The molecule has 1 aliphatic carbocycles. The highest BCUT2D eigenvalue weighted by Gasteiger charge is 2.35. The fourth-order valence-corrected chi connectivity index (χ4v) is 3.70. The second-order valence-electron chi connectivity index (χ2n) is 6.43. The van der Waals surface area contributed by atoms with Crippen molar-refractivity contribution < 1.29 is 9.59 Å². The Kier molecular flexibility index (Phi) is 5.33. The Morgan fingerprint density at radius 3 is 2.65 bits per heavy atom. The Morgan fingerprint density at radius 2 is 2.04 bits per heavy atom. The molecular weight excluding hydrogens is 310 g/mol. The molecule has 126 valence electrons. The van der Waals surface area contributed by atoms with Crippen LogP contribution in [0.15, 0.2) is 17.5 Å². The van der Waals surface area contributed by atoms with Crippen molar-refractivity contribution in [3.8, 4) is 0 Å². The molecule has 0 spiro atoms. The van der Waals surface area contributed by atoms with Crippen molar-refractivity contribution >= 4 is 23.2 Å². The van der Waals surface area contributed by atoms with Crippen LogP contribution in [0.2, 0.25) is 0 Å². The average Bonchev–Trinajstić information content (AvgIpc) is 3.30. The molecule has 1 aromatic heterocycles. The van der Waals surface area contributed by atoms with Gasteiger partial charge in [0.25, 0.3) is 0 Å². The number of nitrogens with zero attached hydrogens (tertiary/aromatic N) is 2. The van der Waals surface area contributed by atoms with E-state index in [1.54, 1.807) is 11.3 Å². The molecule has 2 amide bonds. The molecule has 6 heteroatoms. The van der Waals surface area contributed by atoms with Gasteiger partial charge in [0.1, 0.15) is 0 Å². The molecule has 1 atom stereocenters. The average molecular weight is 335 g/mol. The number of carbonyl (C=O) groups is 2. The van der Waals surface area contributed by atoms with E-state index in [1.165, 1.54) is 4.88 Å². The summed E-state index contributed by atoms with van der Waals surface area (Å²) in [5, 5.41) is 5.08. The minimum Gasteiger partial charge on any atom is -0.354 e.